The topological polar surface area (TPSA) is 73.4 Å². The van der Waals surface area contributed by atoms with Crippen molar-refractivity contribution in [3.05, 3.63) is 35.5 Å². The number of hydrogen-bond donors (Lipinski definition) is 4. The van der Waals surface area contributed by atoms with Crippen molar-refractivity contribution in [2.75, 3.05) is 0 Å². The molecule has 0 saturated carbocycles. The summed E-state index contributed by atoms with van der Waals surface area (Å²) in [6, 6.07) is 0. The van der Waals surface area contributed by atoms with Gasteiger partial charge < -0.3 is 10.4 Å². The first-order valence-corrected chi connectivity index (χ1v) is 3.42. The highest BCUT2D eigenvalue weighted by Gasteiger charge is 2.23. The van der Waals surface area contributed by atoms with E-state index in [0.29, 0.717) is 11.3 Å². The Morgan fingerprint density at radius 1 is 1.33 bits per heavy atom. The van der Waals surface area contributed by atoms with E-state index in [2.05, 4.69) is 16.2 Å². The minimum Gasteiger partial charge on any atom is -0.492 e. The Balaban J connectivity index is 2.49. The van der Waals surface area contributed by atoms with Crippen molar-refractivity contribution in [2.45, 2.75) is 0 Å². The molecule has 0 aromatic rings. The summed E-state index contributed by atoms with van der Waals surface area (Å²) in [7, 11) is 0. The van der Waals surface area contributed by atoms with E-state index in [1.54, 1.807) is 18.4 Å². The summed E-state index contributed by atoms with van der Waals surface area (Å²) in [6.07, 6.45) is 4.95. The van der Waals surface area contributed by atoms with Crippen LogP contribution in [0.4, 0.5) is 0 Å². The van der Waals surface area contributed by atoms with Gasteiger partial charge in [0.05, 0.1) is 5.57 Å². The molecule has 0 unspecified atom stereocenters. The van der Waals surface area contributed by atoms with Crippen LogP contribution in [0, 0.1) is 0 Å². The largest absolute Gasteiger partial charge is 0.492 e. The minimum absolute atomic E-state index is 0.0785. The summed E-state index contributed by atoms with van der Waals surface area (Å²) >= 11 is 0. The van der Waals surface area contributed by atoms with Gasteiger partial charge in [-0.3, -0.25) is 15.6 Å². The second-order valence-electron chi connectivity index (χ2n) is 2.39. The third-order valence-corrected chi connectivity index (χ3v) is 1.63. The number of nitrogens with one attached hydrogen (secondary N) is 3. The molecule has 5 heteroatoms. The lowest BCUT2D eigenvalue weighted by Gasteiger charge is -2.22. The zero-order valence-electron chi connectivity index (χ0n) is 6.09. The van der Waals surface area contributed by atoms with Gasteiger partial charge in [-0.2, -0.15) is 0 Å². The van der Waals surface area contributed by atoms with E-state index in [0.717, 1.165) is 0 Å². The van der Waals surface area contributed by atoms with Gasteiger partial charge in [-0.1, -0.05) is 0 Å². The first-order valence-electron chi connectivity index (χ1n) is 3.42. The van der Waals surface area contributed by atoms with E-state index in [1.165, 1.54) is 0 Å². The molecule has 0 aliphatic carbocycles. The minimum atomic E-state index is -0.264. The van der Waals surface area contributed by atoms with Gasteiger partial charge in [0.1, 0.15) is 5.70 Å². The fraction of sp³-hybridized carbons (Fsp3) is 0. The van der Waals surface area contributed by atoms with Crippen molar-refractivity contribution in [3.8, 4) is 0 Å². The summed E-state index contributed by atoms with van der Waals surface area (Å²) in [5, 5.41) is 12.0. The molecule has 62 valence electrons. The van der Waals surface area contributed by atoms with Crippen LogP contribution in [0.15, 0.2) is 35.5 Å². The van der Waals surface area contributed by atoms with Gasteiger partial charge in [0.25, 0.3) is 5.91 Å². The molecule has 12 heavy (non-hydrogen) atoms. The zero-order valence-corrected chi connectivity index (χ0v) is 6.09. The Kier molecular flexibility index (Phi) is 1.30. The van der Waals surface area contributed by atoms with Gasteiger partial charge >= 0.3 is 0 Å². The Morgan fingerprint density at radius 2 is 2.17 bits per heavy atom. The smallest absolute Gasteiger partial charge is 0.272 e. The normalized spacial score (nSPS) is 20.3. The number of aliphatic hydroxyl groups excluding tert-OH is 1. The van der Waals surface area contributed by atoms with E-state index in [1.807, 2.05) is 0 Å². The number of aliphatic hydroxyl groups is 1. The molecule has 0 aromatic carbocycles. The molecular weight excluding hydrogens is 158 g/mol. The van der Waals surface area contributed by atoms with E-state index in [4.69, 9.17) is 0 Å². The lowest BCUT2D eigenvalue weighted by molar-refractivity contribution is -0.118. The molecule has 2 heterocycles. The summed E-state index contributed by atoms with van der Waals surface area (Å²) in [6.45, 7) is 0. The van der Waals surface area contributed by atoms with Crippen LogP contribution in [0.3, 0.4) is 0 Å². The Hall–Kier alpha value is -1.91. The van der Waals surface area contributed by atoms with Gasteiger partial charge in [-0.25, -0.2) is 0 Å². The maximum absolute atomic E-state index is 11.1. The third kappa shape index (κ3) is 0.833. The Bertz CT molecular complexity index is 328. The molecule has 0 aromatic heterocycles. The summed E-state index contributed by atoms with van der Waals surface area (Å²) in [4.78, 5) is 11.1. The number of rotatable bonds is 0. The quantitative estimate of drug-likeness (QED) is 0.386. The first-order chi connectivity index (χ1) is 5.79. The third-order valence-electron chi connectivity index (χ3n) is 1.63. The second kappa shape index (κ2) is 2.30. The van der Waals surface area contributed by atoms with Crippen LogP contribution < -0.4 is 16.2 Å². The van der Waals surface area contributed by atoms with Crippen LogP contribution in [0.1, 0.15) is 0 Å². The molecular formula is C7H7N3O2. The monoisotopic (exact) mass is 165 g/mol. The van der Waals surface area contributed by atoms with Crippen molar-refractivity contribution in [1.29, 1.82) is 0 Å². The Morgan fingerprint density at radius 3 is 2.92 bits per heavy atom. The first kappa shape index (κ1) is 6.78. The molecule has 0 radical (unpaired) electrons. The van der Waals surface area contributed by atoms with Gasteiger partial charge in [0.2, 0.25) is 5.88 Å². The van der Waals surface area contributed by atoms with Gasteiger partial charge in [0.15, 0.2) is 0 Å². The van der Waals surface area contributed by atoms with Gasteiger partial charge in [-0.05, 0) is 12.2 Å². The van der Waals surface area contributed by atoms with Crippen LogP contribution >= 0.6 is 0 Å². The molecule has 5 nitrogen and oxygen atoms in total. The molecule has 0 fully saturated rings. The SMILES string of the molecule is O=C1NNC(O)=C2NC=CC=C12. The zero-order chi connectivity index (χ0) is 8.55. The number of fused-ring (bicyclic) bond motifs is 1. The van der Waals surface area contributed by atoms with E-state index < -0.39 is 0 Å². The van der Waals surface area contributed by atoms with Crippen LogP contribution in [0.25, 0.3) is 0 Å². The maximum Gasteiger partial charge on any atom is 0.272 e. The summed E-state index contributed by atoms with van der Waals surface area (Å²) in [5.41, 5.74) is 5.45. The van der Waals surface area contributed by atoms with Crippen LogP contribution in [0.2, 0.25) is 0 Å². The molecule has 0 saturated heterocycles. The lowest BCUT2D eigenvalue weighted by atomic mass is 10.1. The molecule has 0 bridgehead atoms. The number of dihydropyridines is 1. The van der Waals surface area contributed by atoms with Crippen LogP contribution in [0.5, 0.6) is 0 Å². The molecule has 1 amide bonds. The number of carbonyl (C=O) groups is 1. The average Bonchev–Trinajstić information content (AvgIpc) is 2.12. The second-order valence-corrected chi connectivity index (χ2v) is 2.39. The summed E-state index contributed by atoms with van der Waals surface area (Å²) in [5.74, 6) is -0.343. The number of hydrogen-bond acceptors (Lipinski definition) is 4. The maximum atomic E-state index is 11.1. The number of carbonyl (C=O) groups excluding carboxylic acids is 1. The Labute approximate surface area is 68.4 Å². The number of amides is 1. The summed E-state index contributed by atoms with van der Waals surface area (Å²) < 4.78 is 0. The van der Waals surface area contributed by atoms with E-state index >= 15 is 0 Å². The van der Waals surface area contributed by atoms with Crippen molar-refractivity contribution < 1.29 is 9.90 Å². The van der Waals surface area contributed by atoms with Gasteiger partial charge in [-0.15, -0.1) is 0 Å². The van der Waals surface area contributed by atoms with E-state index in [-0.39, 0.29) is 11.8 Å². The molecule has 0 spiro atoms. The number of allylic oxidation sites excluding steroid dienone is 2. The van der Waals surface area contributed by atoms with Crippen LogP contribution in [-0.4, -0.2) is 11.0 Å². The fourth-order valence-electron chi connectivity index (χ4n) is 1.07. The molecule has 2 rings (SSSR count). The fourth-order valence-corrected chi connectivity index (χ4v) is 1.07. The predicted octanol–water partition coefficient (Wildman–Crippen LogP) is -0.609. The molecule has 2 aliphatic heterocycles. The van der Waals surface area contributed by atoms with Crippen molar-refractivity contribution in [3.63, 3.8) is 0 Å². The highest BCUT2D eigenvalue weighted by Crippen LogP contribution is 2.15. The molecule has 2 aliphatic rings. The van der Waals surface area contributed by atoms with E-state index in [9.17, 15) is 9.90 Å². The average molecular weight is 165 g/mol. The standard InChI is InChI=1S/C7H7N3O2/c11-6-4-2-1-3-8-5(4)7(12)10-9-6/h1-3,8,10,12H,(H,9,11). The highest BCUT2D eigenvalue weighted by molar-refractivity contribution is 5.99. The predicted molar refractivity (Wildman–Crippen MR) is 41.3 cm³/mol. The van der Waals surface area contributed by atoms with Crippen molar-refractivity contribution >= 4 is 5.91 Å². The van der Waals surface area contributed by atoms with Crippen molar-refractivity contribution in [1.82, 2.24) is 16.2 Å². The van der Waals surface area contributed by atoms with Gasteiger partial charge in [0, 0.05) is 6.20 Å². The highest BCUT2D eigenvalue weighted by atomic mass is 16.3. The molecule has 0 atom stereocenters. The number of hydrazine groups is 1. The van der Waals surface area contributed by atoms with Crippen molar-refractivity contribution in [2.24, 2.45) is 0 Å². The molecule has 4 N–H and O–H groups in total. The van der Waals surface area contributed by atoms with Crippen LogP contribution in [-0.2, 0) is 4.79 Å². The lowest BCUT2D eigenvalue weighted by Crippen LogP contribution is -2.45.